The fourth-order valence-corrected chi connectivity index (χ4v) is 5.59. The summed E-state index contributed by atoms with van der Waals surface area (Å²) in [4.78, 5) is 37.9. The van der Waals surface area contributed by atoms with Crippen molar-refractivity contribution < 1.29 is 45.4 Å². The highest BCUT2D eigenvalue weighted by atomic mass is 31.2. The molecule has 1 aliphatic rings. The van der Waals surface area contributed by atoms with Crippen LogP contribution < -0.4 is 16.0 Å². The lowest BCUT2D eigenvalue weighted by Crippen LogP contribution is -2.55. The first-order valence-electron chi connectivity index (χ1n) is 12.4. The van der Waals surface area contributed by atoms with E-state index < -0.39 is 63.8 Å². The lowest BCUT2D eigenvalue weighted by Gasteiger charge is -2.23. The van der Waals surface area contributed by atoms with Gasteiger partial charge in [-0.1, -0.05) is 48.5 Å². The quantitative estimate of drug-likeness (QED) is 0.194. The van der Waals surface area contributed by atoms with Crippen LogP contribution in [-0.2, 0) is 48.7 Å². The molecule has 218 valence electrons. The van der Waals surface area contributed by atoms with Crippen LogP contribution in [-0.4, -0.2) is 47.6 Å². The van der Waals surface area contributed by atoms with Crippen molar-refractivity contribution in [3.8, 4) is 0 Å². The number of carbonyl (C=O) groups is 3. The molecule has 2 amide bonds. The molecule has 0 saturated carbocycles. The molecule has 0 radical (unpaired) electrons. The molecule has 1 saturated heterocycles. The summed E-state index contributed by atoms with van der Waals surface area (Å²) in [7, 11) is -10.5. The van der Waals surface area contributed by atoms with Crippen molar-refractivity contribution in [1.82, 2.24) is 16.0 Å². The third-order valence-electron chi connectivity index (χ3n) is 6.28. The molecule has 2 aromatic rings. The number of hydrogen-bond acceptors (Lipinski definition) is 6. The second kappa shape index (κ2) is 13.6. The Hall–Kier alpha value is -3.01. The molecule has 0 spiro atoms. The molecular weight excluding hydrogens is 576 g/mol. The topological polar surface area (TPSA) is 142 Å². The molecule has 15 heteroatoms. The summed E-state index contributed by atoms with van der Waals surface area (Å²) in [6, 6.07) is 7.81. The van der Waals surface area contributed by atoms with E-state index in [1.807, 2.05) is 0 Å². The van der Waals surface area contributed by atoms with E-state index in [4.69, 9.17) is 0 Å². The maximum atomic E-state index is 13.2. The molecule has 2 aromatic carbocycles. The Morgan fingerprint density at radius 3 is 1.65 bits per heavy atom. The number of hydrogen-bond donors (Lipinski definition) is 4. The average molecular weight is 605 g/mol. The molecule has 0 unspecified atom stereocenters. The van der Waals surface area contributed by atoms with Crippen LogP contribution in [0, 0.1) is 0 Å². The summed E-state index contributed by atoms with van der Waals surface area (Å²) in [5.74, 6) is -2.62. The first kappa shape index (κ1) is 31.5. The number of carboxylic acids is 1. The molecule has 9 nitrogen and oxygen atoms in total. The normalized spacial score (nSPS) is 17.1. The highest BCUT2D eigenvalue weighted by molar-refractivity contribution is 7.52. The molecule has 0 aliphatic carbocycles. The van der Waals surface area contributed by atoms with E-state index in [9.17, 15) is 45.4 Å². The highest BCUT2D eigenvalue weighted by Crippen LogP contribution is 2.52. The minimum Gasteiger partial charge on any atom is -0.480 e. The molecule has 3 rings (SSSR count). The SMILES string of the molecule is O=C(O)[C@H](Cc1ccc(CP(=O)(F)F)cc1)NC(=O)[C@H](Cc1ccc(CP(=O)(F)F)cc1)NC(=O)[C@@H]1CCCN1. The Morgan fingerprint density at radius 2 is 1.25 bits per heavy atom. The number of aliphatic carboxylic acids is 1. The summed E-state index contributed by atoms with van der Waals surface area (Å²) in [5.41, 5.74) is 1.14. The van der Waals surface area contributed by atoms with Crippen molar-refractivity contribution in [2.75, 3.05) is 6.54 Å². The van der Waals surface area contributed by atoms with E-state index in [1.165, 1.54) is 48.5 Å². The van der Waals surface area contributed by atoms with Crippen molar-refractivity contribution in [3.63, 3.8) is 0 Å². The van der Waals surface area contributed by atoms with E-state index in [-0.39, 0.29) is 24.0 Å². The van der Waals surface area contributed by atoms with Gasteiger partial charge in [0, 0.05) is 12.8 Å². The third-order valence-corrected chi connectivity index (χ3v) is 7.75. The zero-order chi connectivity index (χ0) is 29.5. The van der Waals surface area contributed by atoms with Crippen molar-refractivity contribution >= 4 is 33.3 Å². The van der Waals surface area contributed by atoms with E-state index >= 15 is 0 Å². The van der Waals surface area contributed by atoms with Gasteiger partial charge in [-0.15, -0.1) is 0 Å². The zero-order valence-corrected chi connectivity index (χ0v) is 23.0. The first-order chi connectivity index (χ1) is 18.7. The number of rotatable bonds is 13. The Labute approximate surface area is 228 Å². The molecule has 1 fully saturated rings. The second-order valence-corrected chi connectivity index (χ2v) is 12.5. The van der Waals surface area contributed by atoms with E-state index in [0.717, 1.165) is 6.42 Å². The van der Waals surface area contributed by atoms with Gasteiger partial charge >= 0.3 is 21.5 Å². The van der Waals surface area contributed by atoms with Gasteiger partial charge in [0.1, 0.15) is 12.1 Å². The van der Waals surface area contributed by atoms with Crippen LogP contribution in [0.15, 0.2) is 48.5 Å². The van der Waals surface area contributed by atoms with Gasteiger partial charge in [-0.25, -0.2) is 13.9 Å². The predicted octanol–water partition coefficient (Wildman–Crippen LogP) is 4.54. The van der Waals surface area contributed by atoms with E-state index in [1.54, 1.807) is 0 Å². The van der Waals surface area contributed by atoms with Gasteiger partial charge in [0.15, 0.2) is 0 Å². The number of halogens is 4. The fourth-order valence-electron chi connectivity index (χ4n) is 4.32. The largest absolute Gasteiger partial charge is 0.480 e. The minimum atomic E-state index is -5.27. The van der Waals surface area contributed by atoms with Gasteiger partial charge < -0.3 is 21.1 Å². The van der Waals surface area contributed by atoms with Gasteiger partial charge in [-0.2, -0.15) is 16.8 Å². The van der Waals surface area contributed by atoms with Crippen molar-refractivity contribution in [2.24, 2.45) is 0 Å². The first-order valence-corrected chi connectivity index (χ1v) is 15.7. The van der Waals surface area contributed by atoms with Crippen LogP contribution in [0.3, 0.4) is 0 Å². The Kier molecular flexibility index (Phi) is 10.7. The number of carbonyl (C=O) groups excluding carboxylic acids is 2. The molecule has 1 heterocycles. The average Bonchev–Trinajstić information content (AvgIpc) is 3.39. The predicted molar refractivity (Wildman–Crippen MR) is 140 cm³/mol. The minimum absolute atomic E-state index is 0.0823. The second-order valence-electron chi connectivity index (χ2n) is 9.61. The maximum Gasteiger partial charge on any atom is 0.407 e. The molecule has 3 atom stereocenters. The van der Waals surface area contributed by atoms with Crippen molar-refractivity contribution in [3.05, 3.63) is 70.8 Å². The number of nitrogens with one attached hydrogen (secondary N) is 3. The Balaban J connectivity index is 1.74. The maximum absolute atomic E-state index is 13.2. The van der Waals surface area contributed by atoms with E-state index in [0.29, 0.717) is 24.1 Å². The van der Waals surface area contributed by atoms with Gasteiger partial charge in [0.05, 0.1) is 18.4 Å². The van der Waals surface area contributed by atoms with E-state index in [2.05, 4.69) is 16.0 Å². The van der Waals surface area contributed by atoms with Crippen molar-refractivity contribution in [1.29, 1.82) is 0 Å². The molecule has 0 aromatic heterocycles. The smallest absolute Gasteiger partial charge is 0.407 e. The Bertz CT molecular complexity index is 1290. The van der Waals surface area contributed by atoms with Crippen LogP contribution in [0.4, 0.5) is 16.8 Å². The molecule has 0 bridgehead atoms. The fraction of sp³-hybridized carbons (Fsp3) is 0.400. The van der Waals surface area contributed by atoms with Crippen LogP contribution in [0.25, 0.3) is 0 Å². The standard InChI is InChI=1S/C25H29F4N3O6P2/c26-39(27,37)14-18-7-3-16(4-8-18)12-21(31-23(33)20-2-1-11-30-20)24(34)32-22(25(35)36)13-17-5-9-19(10-6-17)15-40(28,29)38/h3-10,20-22,30H,1-2,11-15H2,(H,31,33)(H,32,34)(H,35,36)/t20-,21-,22-/m0/s1. The van der Waals surface area contributed by atoms with Crippen LogP contribution in [0.2, 0.25) is 0 Å². The van der Waals surface area contributed by atoms with Gasteiger partial charge in [0.2, 0.25) is 11.8 Å². The summed E-state index contributed by atoms with van der Waals surface area (Å²) in [5, 5.41) is 17.7. The molecule has 4 N–H and O–H groups in total. The van der Waals surface area contributed by atoms with Crippen LogP contribution in [0.1, 0.15) is 35.1 Å². The van der Waals surface area contributed by atoms with Gasteiger partial charge in [-0.3, -0.25) is 9.59 Å². The lowest BCUT2D eigenvalue weighted by atomic mass is 10.0. The van der Waals surface area contributed by atoms with Crippen LogP contribution >= 0.6 is 15.5 Å². The monoisotopic (exact) mass is 605 g/mol. The summed E-state index contributed by atoms with van der Waals surface area (Å²) in [6.45, 7) is 0.623. The summed E-state index contributed by atoms with van der Waals surface area (Å²) in [6.07, 6.45) is -0.779. The van der Waals surface area contributed by atoms with Gasteiger partial charge in [-0.05, 0) is 41.6 Å². The Morgan fingerprint density at radius 1 is 0.800 bits per heavy atom. The third kappa shape index (κ3) is 10.5. The van der Waals surface area contributed by atoms with Crippen molar-refractivity contribution in [2.45, 2.75) is 56.1 Å². The highest BCUT2D eigenvalue weighted by Gasteiger charge is 2.30. The van der Waals surface area contributed by atoms with Gasteiger partial charge in [0.25, 0.3) is 0 Å². The molecule has 40 heavy (non-hydrogen) atoms. The number of benzene rings is 2. The molecular formula is C25H29F4N3O6P2. The number of carboxylic acid groups (broad SMARTS) is 1. The zero-order valence-electron chi connectivity index (χ0n) is 21.2. The van der Waals surface area contributed by atoms with Crippen LogP contribution in [0.5, 0.6) is 0 Å². The number of amides is 2. The lowest BCUT2D eigenvalue weighted by molar-refractivity contribution is -0.142. The summed E-state index contributed by atoms with van der Waals surface area (Å²) < 4.78 is 73.0. The summed E-state index contributed by atoms with van der Waals surface area (Å²) >= 11 is 0. The molecule has 1 aliphatic heterocycles.